The van der Waals surface area contributed by atoms with Crippen molar-refractivity contribution in [2.24, 2.45) is 0 Å². The second-order valence-electron chi connectivity index (χ2n) is 6.06. The van der Waals surface area contributed by atoms with Gasteiger partial charge in [0, 0.05) is 28.7 Å². The van der Waals surface area contributed by atoms with Gasteiger partial charge in [-0.2, -0.15) is 0 Å². The summed E-state index contributed by atoms with van der Waals surface area (Å²) in [6, 6.07) is 26.1. The summed E-state index contributed by atoms with van der Waals surface area (Å²) in [5.41, 5.74) is 1.62. The Labute approximate surface area is 158 Å². The Balaban J connectivity index is 1.93. The van der Waals surface area contributed by atoms with Crippen molar-refractivity contribution < 1.29 is 14.4 Å². The van der Waals surface area contributed by atoms with E-state index < -0.39 is 0 Å². The molecule has 0 aromatic heterocycles. The van der Waals surface area contributed by atoms with Crippen LogP contribution in [0.4, 0.5) is 0 Å². The first-order valence-corrected chi connectivity index (χ1v) is 8.63. The molecule has 0 unspecified atom stereocenters. The van der Waals surface area contributed by atoms with Crippen LogP contribution in [0.15, 0.2) is 103 Å². The SMILES string of the molecule is O=C(/C=C(/CC(=O)c1ccccc1)C(=O)c1ccccc1)c1ccccc1. The highest BCUT2D eigenvalue weighted by Gasteiger charge is 2.18. The number of carbonyl (C=O) groups excluding carboxylic acids is 3. The number of hydrogen-bond acceptors (Lipinski definition) is 3. The zero-order valence-electron chi connectivity index (χ0n) is 14.7. The predicted octanol–water partition coefficient (Wildman–Crippen LogP) is 4.95. The van der Waals surface area contributed by atoms with E-state index >= 15 is 0 Å². The first-order chi connectivity index (χ1) is 13.1. The first kappa shape index (κ1) is 18.2. The highest BCUT2D eigenvalue weighted by Crippen LogP contribution is 2.17. The van der Waals surface area contributed by atoms with E-state index in [1.807, 2.05) is 18.2 Å². The summed E-state index contributed by atoms with van der Waals surface area (Å²) in [5, 5.41) is 0. The van der Waals surface area contributed by atoms with Crippen molar-refractivity contribution >= 4 is 17.3 Å². The van der Waals surface area contributed by atoms with Gasteiger partial charge >= 0.3 is 0 Å². The topological polar surface area (TPSA) is 51.2 Å². The molecule has 0 bridgehead atoms. The molecule has 0 saturated heterocycles. The minimum absolute atomic E-state index is 0.129. The van der Waals surface area contributed by atoms with Crippen LogP contribution in [-0.2, 0) is 0 Å². The van der Waals surface area contributed by atoms with Gasteiger partial charge in [0.15, 0.2) is 17.3 Å². The molecule has 3 nitrogen and oxygen atoms in total. The minimum Gasteiger partial charge on any atom is -0.294 e. The van der Waals surface area contributed by atoms with Gasteiger partial charge in [0.25, 0.3) is 0 Å². The molecule has 0 N–H and O–H groups in total. The number of allylic oxidation sites excluding steroid dienone is 2. The van der Waals surface area contributed by atoms with E-state index in [0.717, 1.165) is 0 Å². The summed E-state index contributed by atoms with van der Waals surface area (Å²) < 4.78 is 0. The summed E-state index contributed by atoms with van der Waals surface area (Å²) in [6.07, 6.45) is 1.15. The quantitative estimate of drug-likeness (QED) is 0.445. The average molecular weight is 354 g/mol. The maximum Gasteiger partial charge on any atom is 0.189 e. The zero-order valence-corrected chi connectivity index (χ0v) is 14.7. The van der Waals surface area contributed by atoms with Crippen molar-refractivity contribution in [1.82, 2.24) is 0 Å². The van der Waals surface area contributed by atoms with Gasteiger partial charge in [-0.25, -0.2) is 0 Å². The normalized spacial score (nSPS) is 11.0. The molecule has 0 aliphatic rings. The van der Waals surface area contributed by atoms with E-state index in [1.165, 1.54) is 6.08 Å². The van der Waals surface area contributed by atoms with E-state index in [9.17, 15) is 14.4 Å². The summed E-state index contributed by atoms with van der Waals surface area (Å²) in [6.45, 7) is 0. The number of benzene rings is 3. The van der Waals surface area contributed by atoms with Crippen molar-refractivity contribution in [3.63, 3.8) is 0 Å². The van der Waals surface area contributed by atoms with Crippen LogP contribution >= 0.6 is 0 Å². The monoisotopic (exact) mass is 354 g/mol. The Morgan fingerprint density at radius 1 is 0.593 bits per heavy atom. The third-order valence-corrected chi connectivity index (χ3v) is 4.14. The van der Waals surface area contributed by atoms with Gasteiger partial charge in [0.2, 0.25) is 0 Å². The maximum atomic E-state index is 12.9. The fraction of sp³-hybridized carbons (Fsp3) is 0.0417. The Bertz CT molecular complexity index is 972. The number of rotatable bonds is 7. The molecule has 0 spiro atoms. The van der Waals surface area contributed by atoms with Gasteiger partial charge in [-0.1, -0.05) is 91.0 Å². The molecule has 3 aromatic carbocycles. The molecular formula is C24H18O3. The van der Waals surface area contributed by atoms with Crippen LogP contribution in [0.3, 0.4) is 0 Å². The molecule has 0 aliphatic heterocycles. The van der Waals surface area contributed by atoms with Gasteiger partial charge in [-0.3, -0.25) is 14.4 Å². The molecule has 0 fully saturated rings. The molecule has 0 atom stereocenters. The second kappa shape index (κ2) is 8.68. The summed E-state index contributed by atoms with van der Waals surface area (Å²) in [7, 11) is 0. The van der Waals surface area contributed by atoms with E-state index in [-0.39, 0.29) is 29.3 Å². The minimum atomic E-state index is -0.316. The van der Waals surface area contributed by atoms with Crippen molar-refractivity contribution in [3.8, 4) is 0 Å². The number of hydrogen-bond donors (Lipinski definition) is 0. The Morgan fingerprint density at radius 3 is 1.56 bits per heavy atom. The average Bonchev–Trinajstić information content (AvgIpc) is 2.74. The van der Waals surface area contributed by atoms with Crippen LogP contribution in [0.25, 0.3) is 0 Å². The second-order valence-corrected chi connectivity index (χ2v) is 6.06. The van der Waals surface area contributed by atoms with Crippen molar-refractivity contribution in [3.05, 3.63) is 119 Å². The maximum absolute atomic E-state index is 12.9. The highest BCUT2D eigenvalue weighted by atomic mass is 16.1. The Kier molecular flexibility index (Phi) is 5.85. The molecule has 0 heterocycles. The first-order valence-electron chi connectivity index (χ1n) is 8.63. The van der Waals surface area contributed by atoms with E-state index in [0.29, 0.717) is 16.7 Å². The number of Topliss-reactive ketones (excluding diaryl/α,β-unsaturated/α-hetero) is 2. The third-order valence-electron chi connectivity index (χ3n) is 4.14. The molecular weight excluding hydrogens is 336 g/mol. The van der Waals surface area contributed by atoms with Crippen LogP contribution < -0.4 is 0 Å². The Hall–Kier alpha value is -3.59. The lowest BCUT2D eigenvalue weighted by atomic mass is 9.94. The van der Waals surface area contributed by atoms with Crippen LogP contribution in [0.2, 0.25) is 0 Å². The molecule has 0 saturated carbocycles. The number of carbonyl (C=O) groups is 3. The van der Waals surface area contributed by atoms with Gasteiger partial charge in [-0.05, 0) is 6.08 Å². The zero-order chi connectivity index (χ0) is 19.1. The Morgan fingerprint density at radius 2 is 1.04 bits per heavy atom. The van der Waals surface area contributed by atoms with Crippen molar-refractivity contribution in [2.75, 3.05) is 0 Å². The van der Waals surface area contributed by atoms with Crippen LogP contribution in [0, 0.1) is 0 Å². The van der Waals surface area contributed by atoms with Crippen LogP contribution in [-0.4, -0.2) is 17.3 Å². The van der Waals surface area contributed by atoms with Crippen molar-refractivity contribution in [2.45, 2.75) is 6.42 Å². The van der Waals surface area contributed by atoms with Gasteiger partial charge in [0.1, 0.15) is 0 Å². The van der Waals surface area contributed by atoms with E-state index in [4.69, 9.17) is 0 Å². The molecule has 132 valence electrons. The molecule has 27 heavy (non-hydrogen) atoms. The molecule has 0 aliphatic carbocycles. The number of ketones is 3. The summed E-state index contributed by atoms with van der Waals surface area (Å²) in [5.74, 6) is -0.813. The highest BCUT2D eigenvalue weighted by molar-refractivity contribution is 6.17. The van der Waals surface area contributed by atoms with E-state index in [2.05, 4.69) is 0 Å². The lowest BCUT2D eigenvalue weighted by Gasteiger charge is -2.07. The van der Waals surface area contributed by atoms with Gasteiger partial charge < -0.3 is 0 Å². The largest absolute Gasteiger partial charge is 0.294 e. The smallest absolute Gasteiger partial charge is 0.189 e. The van der Waals surface area contributed by atoms with E-state index in [1.54, 1.807) is 72.8 Å². The third kappa shape index (κ3) is 4.73. The fourth-order valence-corrected chi connectivity index (χ4v) is 2.71. The molecule has 3 aromatic rings. The lowest BCUT2D eigenvalue weighted by Crippen LogP contribution is -2.11. The van der Waals surface area contributed by atoms with Crippen LogP contribution in [0.1, 0.15) is 37.5 Å². The summed E-state index contributed by atoms with van der Waals surface area (Å²) >= 11 is 0. The van der Waals surface area contributed by atoms with Crippen molar-refractivity contribution in [1.29, 1.82) is 0 Å². The van der Waals surface area contributed by atoms with Crippen LogP contribution in [0.5, 0.6) is 0 Å². The fourth-order valence-electron chi connectivity index (χ4n) is 2.71. The molecule has 0 amide bonds. The van der Waals surface area contributed by atoms with Gasteiger partial charge in [0.05, 0.1) is 0 Å². The predicted molar refractivity (Wildman–Crippen MR) is 105 cm³/mol. The molecule has 0 radical (unpaired) electrons. The summed E-state index contributed by atoms with van der Waals surface area (Å²) in [4.78, 5) is 38.1. The van der Waals surface area contributed by atoms with Gasteiger partial charge in [-0.15, -0.1) is 0 Å². The standard InChI is InChI=1S/C24H18O3/c25-22(18-10-4-1-5-11-18)16-21(24(27)20-14-8-3-9-15-20)17-23(26)19-12-6-2-7-13-19/h1-16H,17H2/b21-16-. The molecule has 3 rings (SSSR count). The molecule has 3 heteroatoms. The lowest BCUT2D eigenvalue weighted by molar-refractivity contribution is 0.0957.